The summed E-state index contributed by atoms with van der Waals surface area (Å²) < 4.78 is 7.30. The van der Waals surface area contributed by atoms with Crippen LogP contribution in [0.1, 0.15) is 31.1 Å². The highest BCUT2D eigenvalue weighted by Crippen LogP contribution is 2.20. The van der Waals surface area contributed by atoms with Gasteiger partial charge in [0.2, 0.25) is 5.43 Å². The van der Waals surface area contributed by atoms with Crippen LogP contribution < -0.4 is 10.2 Å². The van der Waals surface area contributed by atoms with E-state index in [4.69, 9.17) is 9.84 Å². The SMILES string of the molecule is CCn1cc(C(=O)O)c(=O)c2cc(OC(C)C)ccc21. The average molecular weight is 275 g/mol. The number of carboxylic acid groups (broad SMARTS) is 1. The Morgan fingerprint density at radius 1 is 1.40 bits per heavy atom. The summed E-state index contributed by atoms with van der Waals surface area (Å²) in [5.74, 6) is -0.649. The van der Waals surface area contributed by atoms with Crippen molar-refractivity contribution in [1.82, 2.24) is 4.57 Å². The molecular weight excluding hydrogens is 258 g/mol. The molecule has 2 rings (SSSR count). The highest BCUT2D eigenvalue weighted by Gasteiger charge is 2.14. The number of hydrogen-bond acceptors (Lipinski definition) is 3. The number of aromatic nitrogens is 1. The molecule has 0 saturated carbocycles. The third-order valence-corrected chi connectivity index (χ3v) is 2.99. The number of benzene rings is 1. The molecule has 1 aromatic carbocycles. The van der Waals surface area contributed by atoms with Gasteiger partial charge in [-0.1, -0.05) is 0 Å². The highest BCUT2D eigenvalue weighted by molar-refractivity contribution is 5.92. The Morgan fingerprint density at radius 2 is 2.10 bits per heavy atom. The molecule has 0 saturated heterocycles. The molecule has 2 aromatic rings. The number of rotatable bonds is 4. The zero-order valence-electron chi connectivity index (χ0n) is 11.7. The van der Waals surface area contributed by atoms with Gasteiger partial charge in [-0.25, -0.2) is 4.79 Å². The summed E-state index contributed by atoms with van der Waals surface area (Å²) in [4.78, 5) is 23.4. The minimum Gasteiger partial charge on any atom is -0.491 e. The predicted octanol–water partition coefficient (Wildman–Crippen LogP) is 2.51. The van der Waals surface area contributed by atoms with Gasteiger partial charge in [0.15, 0.2) is 0 Å². The predicted molar refractivity (Wildman–Crippen MR) is 76.6 cm³/mol. The second kappa shape index (κ2) is 5.36. The normalized spacial score (nSPS) is 11.0. The van der Waals surface area contributed by atoms with E-state index in [0.717, 1.165) is 0 Å². The Morgan fingerprint density at radius 3 is 2.65 bits per heavy atom. The van der Waals surface area contributed by atoms with Gasteiger partial charge in [0, 0.05) is 12.7 Å². The van der Waals surface area contributed by atoms with E-state index >= 15 is 0 Å². The van der Waals surface area contributed by atoms with Crippen LogP contribution in [0.25, 0.3) is 10.9 Å². The zero-order valence-corrected chi connectivity index (χ0v) is 11.7. The molecular formula is C15H17NO4. The number of carboxylic acids is 1. The smallest absolute Gasteiger partial charge is 0.341 e. The van der Waals surface area contributed by atoms with Crippen molar-refractivity contribution in [2.24, 2.45) is 0 Å². The molecule has 0 radical (unpaired) electrons. The minimum atomic E-state index is -1.21. The van der Waals surface area contributed by atoms with E-state index in [1.165, 1.54) is 6.20 Å². The van der Waals surface area contributed by atoms with Crippen molar-refractivity contribution >= 4 is 16.9 Å². The third kappa shape index (κ3) is 2.52. The summed E-state index contributed by atoms with van der Waals surface area (Å²) in [6.45, 7) is 6.26. The number of hydrogen-bond donors (Lipinski definition) is 1. The van der Waals surface area contributed by atoms with Crippen LogP contribution in [0.2, 0.25) is 0 Å². The lowest BCUT2D eigenvalue weighted by Gasteiger charge is -2.13. The molecule has 0 aliphatic carbocycles. The fraction of sp³-hybridized carbons (Fsp3) is 0.333. The molecule has 0 fully saturated rings. The second-order valence-electron chi connectivity index (χ2n) is 4.81. The molecule has 0 atom stereocenters. The monoisotopic (exact) mass is 275 g/mol. The Bertz CT molecular complexity index is 716. The molecule has 0 unspecified atom stereocenters. The maximum Gasteiger partial charge on any atom is 0.341 e. The van der Waals surface area contributed by atoms with Crippen molar-refractivity contribution < 1.29 is 14.6 Å². The molecule has 1 N–H and O–H groups in total. The maximum absolute atomic E-state index is 12.2. The lowest BCUT2D eigenvalue weighted by atomic mass is 10.1. The van der Waals surface area contributed by atoms with Crippen molar-refractivity contribution in [2.45, 2.75) is 33.4 Å². The minimum absolute atomic E-state index is 0.0106. The van der Waals surface area contributed by atoms with E-state index in [1.54, 1.807) is 22.8 Å². The quantitative estimate of drug-likeness (QED) is 0.930. The van der Waals surface area contributed by atoms with Crippen LogP contribution in [-0.2, 0) is 6.54 Å². The van der Waals surface area contributed by atoms with Crippen molar-refractivity contribution in [3.63, 3.8) is 0 Å². The molecule has 0 aliphatic rings. The van der Waals surface area contributed by atoms with E-state index < -0.39 is 11.4 Å². The van der Waals surface area contributed by atoms with Gasteiger partial charge in [-0.3, -0.25) is 4.79 Å². The van der Waals surface area contributed by atoms with Crippen molar-refractivity contribution in [2.75, 3.05) is 0 Å². The molecule has 0 bridgehead atoms. The number of fused-ring (bicyclic) bond motifs is 1. The maximum atomic E-state index is 12.2. The van der Waals surface area contributed by atoms with Gasteiger partial charge < -0.3 is 14.4 Å². The number of pyridine rings is 1. The molecule has 0 amide bonds. The van der Waals surface area contributed by atoms with Crippen molar-refractivity contribution in [3.05, 3.63) is 40.2 Å². The van der Waals surface area contributed by atoms with Gasteiger partial charge >= 0.3 is 5.97 Å². The third-order valence-electron chi connectivity index (χ3n) is 2.99. The number of aromatic carboxylic acids is 1. The number of aryl methyl sites for hydroxylation is 1. The van der Waals surface area contributed by atoms with Crippen molar-refractivity contribution in [3.8, 4) is 5.75 Å². The first kappa shape index (κ1) is 14.1. The molecule has 1 aromatic heterocycles. The average Bonchev–Trinajstić information content (AvgIpc) is 2.38. The number of carbonyl (C=O) groups is 1. The van der Waals surface area contributed by atoms with Crippen LogP contribution in [0.5, 0.6) is 5.75 Å². The summed E-state index contributed by atoms with van der Waals surface area (Å²) in [7, 11) is 0. The summed E-state index contributed by atoms with van der Waals surface area (Å²) in [6, 6.07) is 5.17. The van der Waals surface area contributed by atoms with Crippen LogP contribution in [0, 0.1) is 0 Å². The van der Waals surface area contributed by atoms with E-state index in [-0.39, 0.29) is 11.7 Å². The van der Waals surface area contributed by atoms with Gasteiger partial charge in [0.1, 0.15) is 11.3 Å². The van der Waals surface area contributed by atoms with Gasteiger partial charge in [0.25, 0.3) is 0 Å². The fourth-order valence-corrected chi connectivity index (χ4v) is 2.14. The molecule has 1 heterocycles. The van der Waals surface area contributed by atoms with Crippen LogP contribution in [0.4, 0.5) is 0 Å². The standard InChI is InChI=1S/C15H17NO4/c1-4-16-8-12(15(18)19)14(17)11-7-10(20-9(2)3)5-6-13(11)16/h5-9H,4H2,1-3H3,(H,18,19). The van der Waals surface area contributed by atoms with Gasteiger partial charge in [-0.15, -0.1) is 0 Å². The molecule has 20 heavy (non-hydrogen) atoms. The van der Waals surface area contributed by atoms with E-state index in [2.05, 4.69) is 0 Å². The Balaban J connectivity index is 2.75. The first-order valence-electron chi connectivity index (χ1n) is 6.51. The number of ether oxygens (including phenoxy) is 1. The summed E-state index contributed by atoms with van der Waals surface area (Å²) in [5, 5.41) is 9.48. The first-order valence-corrected chi connectivity index (χ1v) is 6.51. The summed E-state index contributed by atoms with van der Waals surface area (Å²) >= 11 is 0. The van der Waals surface area contributed by atoms with Gasteiger partial charge in [-0.05, 0) is 39.0 Å². The molecule has 5 nitrogen and oxygen atoms in total. The highest BCUT2D eigenvalue weighted by atomic mass is 16.5. The largest absolute Gasteiger partial charge is 0.491 e. The van der Waals surface area contributed by atoms with E-state index in [1.807, 2.05) is 20.8 Å². The topological polar surface area (TPSA) is 68.5 Å². The number of nitrogens with zero attached hydrogens (tertiary/aromatic N) is 1. The Kier molecular flexibility index (Phi) is 3.79. The van der Waals surface area contributed by atoms with E-state index in [0.29, 0.717) is 23.2 Å². The van der Waals surface area contributed by atoms with Crippen LogP contribution >= 0.6 is 0 Å². The molecule has 5 heteroatoms. The Hall–Kier alpha value is -2.30. The van der Waals surface area contributed by atoms with Crippen molar-refractivity contribution in [1.29, 1.82) is 0 Å². The lowest BCUT2D eigenvalue weighted by molar-refractivity contribution is 0.0695. The van der Waals surface area contributed by atoms with E-state index in [9.17, 15) is 9.59 Å². The summed E-state index contributed by atoms with van der Waals surface area (Å²) in [5.41, 5.74) is 0.00561. The first-order chi connectivity index (χ1) is 9.43. The Labute approximate surface area is 116 Å². The van der Waals surface area contributed by atoms with Crippen LogP contribution in [0.15, 0.2) is 29.2 Å². The zero-order chi connectivity index (χ0) is 14.9. The van der Waals surface area contributed by atoms with Gasteiger partial charge in [0.05, 0.1) is 17.0 Å². The molecule has 0 aliphatic heterocycles. The second-order valence-corrected chi connectivity index (χ2v) is 4.81. The molecule has 106 valence electrons. The summed E-state index contributed by atoms with van der Waals surface area (Å²) in [6.07, 6.45) is 1.37. The fourth-order valence-electron chi connectivity index (χ4n) is 2.14. The van der Waals surface area contributed by atoms with Gasteiger partial charge in [-0.2, -0.15) is 0 Å². The van der Waals surface area contributed by atoms with Crippen LogP contribution in [0.3, 0.4) is 0 Å². The lowest BCUT2D eigenvalue weighted by Crippen LogP contribution is -2.18. The van der Waals surface area contributed by atoms with Crippen LogP contribution in [-0.4, -0.2) is 21.7 Å². The molecule has 0 spiro atoms.